The summed E-state index contributed by atoms with van der Waals surface area (Å²) in [4.78, 5) is 0. The van der Waals surface area contributed by atoms with Gasteiger partial charge >= 0.3 is 0 Å². The van der Waals surface area contributed by atoms with Gasteiger partial charge in [0, 0.05) is 13.1 Å². The normalized spacial score (nSPS) is 11.3. The second-order valence-electron chi connectivity index (χ2n) is 3.80. The van der Waals surface area contributed by atoms with Gasteiger partial charge in [0.25, 0.3) is 10.0 Å². The first-order valence-corrected chi connectivity index (χ1v) is 7.58. The number of sulfonamides is 1. The number of nitrogens with zero attached hydrogens (tertiary/aromatic N) is 3. The Labute approximate surface area is 123 Å². The van der Waals surface area contributed by atoms with Gasteiger partial charge in [-0.2, -0.15) is 8.42 Å². The second kappa shape index (κ2) is 5.29. The van der Waals surface area contributed by atoms with E-state index in [4.69, 9.17) is 4.74 Å². The fraction of sp³-hybridized carbons (Fsp3) is 0.200. The van der Waals surface area contributed by atoms with Gasteiger partial charge in [-0.25, -0.2) is 4.68 Å². The number of ether oxygens (including phenoxy) is 1. The van der Waals surface area contributed by atoms with E-state index >= 15 is 0 Å². The second-order valence-corrected chi connectivity index (χ2v) is 6.15. The number of hydrogen-bond acceptors (Lipinski definition) is 6. The first kappa shape index (κ1) is 14.6. The molecule has 1 aromatic heterocycles. The number of nitrogens with one attached hydrogen (secondary N) is 1. The summed E-state index contributed by atoms with van der Waals surface area (Å²) in [6, 6.07) is 4.20. The highest BCUT2D eigenvalue weighted by molar-refractivity contribution is 9.10. The third-order valence-electron chi connectivity index (χ3n) is 2.44. The number of aromatic hydroxyl groups is 1. The Morgan fingerprint density at radius 3 is 2.70 bits per heavy atom. The highest BCUT2D eigenvalue weighted by Gasteiger charge is 2.25. The van der Waals surface area contributed by atoms with Crippen LogP contribution in [-0.4, -0.2) is 35.6 Å². The zero-order chi connectivity index (χ0) is 14.9. The molecule has 1 aromatic carbocycles. The summed E-state index contributed by atoms with van der Waals surface area (Å²) in [6.45, 7) is 0. The van der Waals surface area contributed by atoms with E-state index in [9.17, 15) is 13.5 Å². The molecule has 1 heterocycles. The molecule has 0 saturated carbocycles. The Bertz CT molecular complexity index is 724. The average molecular weight is 363 g/mol. The maximum absolute atomic E-state index is 12.3. The van der Waals surface area contributed by atoms with Gasteiger partial charge in [-0.15, -0.1) is 5.10 Å². The lowest BCUT2D eigenvalue weighted by Gasteiger charge is -2.10. The number of aromatic nitrogens is 3. The number of phenolic OH excluding ortho intramolecular Hbond substituents is 1. The quantitative estimate of drug-likeness (QED) is 0.788. The summed E-state index contributed by atoms with van der Waals surface area (Å²) in [7, 11) is -1.07. The first-order chi connectivity index (χ1) is 9.35. The van der Waals surface area contributed by atoms with Crippen LogP contribution in [-0.2, 0) is 17.1 Å². The van der Waals surface area contributed by atoms with Crippen LogP contribution in [0.3, 0.4) is 0 Å². The van der Waals surface area contributed by atoms with Gasteiger partial charge in [0.2, 0.25) is 5.03 Å². The highest BCUT2D eigenvalue weighted by Crippen LogP contribution is 2.30. The van der Waals surface area contributed by atoms with Gasteiger partial charge in [0.05, 0.1) is 12.8 Å². The lowest BCUT2D eigenvalue weighted by molar-refractivity contribution is 0.413. The number of rotatable bonds is 4. The van der Waals surface area contributed by atoms with Crippen molar-refractivity contribution in [3.63, 3.8) is 0 Å². The van der Waals surface area contributed by atoms with Crippen molar-refractivity contribution >= 4 is 31.6 Å². The molecule has 0 aliphatic heterocycles. The molecule has 10 heteroatoms. The van der Waals surface area contributed by atoms with Gasteiger partial charge in [0.1, 0.15) is 11.5 Å². The summed E-state index contributed by atoms with van der Waals surface area (Å²) in [5.41, 5.74) is -0.00236. The van der Waals surface area contributed by atoms with Crippen molar-refractivity contribution in [2.24, 2.45) is 7.05 Å². The zero-order valence-corrected chi connectivity index (χ0v) is 12.9. The molecule has 0 unspecified atom stereocenters. The van der Waals surface area contributed by atoms with Crippen LogP contribution in [0.4, 0.5) is 5.69 Å². The largest absolute Gasteiger partial charge is 0.506 e. The van der Waals surface area contributed by atoms with E-state index in [1.165, 1.54) is 32.4 Å². The average Bonchev–Trinajstić information content (AvgIpc) is 2.72. The lowest BCUT2D eigenvalue weighted by Crippen LogP contribution is -2.17. The molecule has 2 rings (SSSR count). The number of aryl methyl sites for hydroxylation is 1. The summed E-state index contributed by atoms with van der Waals surface area (Å²) in [5.74, 6) is 0.184. The fourth-order valence-electron chi connectivity index (χ4n) is 1.53. The van der Waals surface area contributed by atoms with E-state index in [1.54, 1.807) is 0 Å². The number of halogens is 1. The maximum Gasteiger partial charge on any atom is 0.282 e. The Kier molecular flexibility index (Phi) is 3.86. The topological polar surface area (TPSA) is 106 Å². The molecule has 2 aromatic rings. The highest BCUT2D eigenvalue weighted by atomic mass is 79.9. The van der Waals surface area contributed by atoms with Crippen LogP contribution in [0, 0.1) is 0 Å². The van der Waals surface area contributed by atoms with Crippen LogP contribution in [0.5, 0.6) is 11.5 Å². The molecule has 0 amide bonds. The molecule has 0 aliphatic carbocycles. The number of phenols is 1. The molecule has 0 fully saturated rings. The van der Waals surface area contributed by atoms with Crippen LogP contribution in [0.25, 0.3) is 0 Å². The summed E-state index contributed by atoms with van der Waals surface area (Å²) in [6.07, 6.45) is 0. The van der Waals surface area contributed by atoms with Gasteiger partial charge in [0.15, 0.2) is 4.60 Å². The summed E-state index contributed by atoms with van der Waals surface area (Å²) >= 11 is 3.01. The van der Waals surface area contributed by atoms with E-state index in [1.807, 2.05) is 0 Å². The van der Waals surface area contributed by atoms with Crippen molar-refractivity contribution in [1.82, 2.24) is 15.0 Å². The van der Waals surface area contributed by atoms with Crippen LogP contribution in [0.1, 0.15) is 0 Å². The van der Waals surface area contributed by atoms with Crippen LogP contribution >= 0.6 is 15.9 Å². The Balaban J connectivity index is 2.43. The molecular weight excluding hydrogens is 352 g/mol. The number of benzene rings is 1. The Morgan fingerprint density at radius 2 is 2.15 bits per heavy atom. The molecule has 0 spiro atoms. The lowest BCUT2D eigenvalue weighted by atomic mass is 10.3. The van der Waals surface area contributed by atoms with Crippen molar-refractivity contribution in [1.29, 1.82) is 0 Å². The molecular formula is C10H11BrN4O4S. The van der Waals surface area contributed by atoms with E-state index < -0.39 is 10.0 Å². The smallest absolute Gasteiger partial charge is 0.282 e. The molecule has 108 valence electrons. The predicted molar refractivity (Wildman–Crippen MR) is 74.2 cm³/mol. The maximum atomic E-state index is 12.3. The fourth-order valence-corrected chi connectivity index (χ4v) is 3.69. The number of anilines is 1. The monoisotopic (exact) mass is 362 g/mol. The van der Waals surface area contributed by atoms with Crippen LogP contribution in [0.2, 0.25) is 0 Å². The molecule has 2 N–H and O–H groups in total. The molecule has 0 aliphatic rings. The van der Waals surface area contributed by atoms with Gasteiger partial charge in [-0.3, -0.25) is 4.72 Å². The van der Waals surface area contributed by atoms with E-state index in [2.05, 4.69) is 31.0 Å². The Hall–Kier alpha value is -1.81. The van der Waals surface area contributed by atoms with E-state index in [0.29, 0.717) is 5.75 Å². The minimum Gasteiger partial charge on any atom is -0.506 e. The number of methoxy groups -OCH3 is 1. The van der Waals surface area contributed by atoms with Gasteiger partial charge in [-0.05, 0) is 28.1 Å². The van der Waals surface area contributed by atoms with Crippen molar-refractivity contribution in [2.45, 2.75) is 5.03 Å². The molecule has 0 radical (unpaired) electrons. The molecule has 0 bridgehead atoms. The van der Waals surface area contributed by atoms with Crippen molar-refractivity contribution in [3.8, 4) is 11.5 Å². The molecule has 20 heavy (non-hydrogen) atoms. The minimum absolute atomic E-state index is 0.00236. The van der Waals surface area contributed by atoms with Crippen molar-refractivity contribution < 1.29 is 18.3 Å². The summed E-state index contributed by atoms with van der Waals surface area (Å²) < 4.78 is 32.9. The van der Waals surface area contributed by atoms with Crippen molar-refractivity contribution in [2.75, 3.05) is 11.8 Å². The van der Waals surface area contributed by atoms with Gasteiger partial charge < -0.3 is 9.84 Å². The van der Waals surface area contributed by atoms with Crippen LogP contribution < -0.4 is 9.46 Å². The van der Waals surface area contributed by atoms with Crippen molar-refractivity contribution in [3.05, 3.63) is 22.8 Å². The van der Waals surface area contributed by atoms with Gasteiger partial charge in [-0.1, -0.05) is 5.21 Å². The first-order valence-electron chi connectivity index (χ1n) is 5.30. The SMILES string of the molecule is COc1ccc(O)c(NS(=O)(=O)c2c(Br)nnn2C)c1. The Morgan fingerprint density at radius 1 is 1.45 bits per heavy atom. The standard InChI is InChI=1S/C10H11BrN4O4S/c1-15-10(9(11)12-14-15)20(17,18)13-7-5-6(19-2)3-4-8(7)16/h3-5,13,16H,1-2H3. The molecule has 8 nitrogen and oxygen atoms in total. The van der Waals surface area contributed by atoms with Crippen LogP contribution in [0.15, 0.2) is 27.8 Å². The molecule has 0 atom stereocenters. The third kappa shape index (κ3) is 2.70. The number of hydrogen-bond donors (Lipinski definition) is 2. The predicted octanol–water partition coefficient (Wildman–Crippen LogP) is 1.09. The third-order valence-corrected chi connectivity index (χ3v) is 4.69. The van der Waals surface area contributed by atoms with E-state index in [-0.39, 0.29) is 21.1 Å². The zero-order valence-electron chi connectivity index (χ0n) is 10.5. The minimum atomic E-state index is -3.95. The van der Waals surface area contributed by atoms with E-state index in [0.717, 1.165) is 4.68 Å². The summed E-state index contributed by atoms with van der Waals surface area (Å²) in [5, 5.41) is 16.7. The molecule has 0 saturated heterocycles.